The van der Waals surface area contributed by atoms with E-state index in [1.165, 1.54) is 0 Å². The van der Waals surface area contributed by atoms with Gasteiger partial charge in [0, 0.05) is 6.08 Å². The van der Waals surface area contributed by atoms with E-state index in [0.29, 0.717) is 0 Å². The quantitative estimate of drug-likeness (QED) is 0.472. The zero-order valence-corrected chi connectivity index (χ0v) is 10.0. The molecule has 0 fully saturated rings. The van der Waals surface area contributed by atoms with Gasteiger partial charge in [-0.2, -0.15) is 0 Å². The van der Waals surface area contributed by atoms with Crippen molar-refractivity contribution in [2.75, 3.05) is 0 Å². The predicted molar refractivity (Wildman–Crippen MR) is 44.2 cm³/mol. The van der Waals surface area contributed by atoms with E-state index in [1.54, 1.807) is 6.08 Å². The van der Waals surface area contributed by atoms with Crippen molar-refractivity contribution in [3.8, 4) is 0 Å². The monoisotopic (exact) mass is 188 g/mol. The van der Waals surface area contributed by atoms with Crippen molar-refractivity contribution in [1.82, 2.24) is 0 Å². The fraction of sp³-hybridized carbons (Fsp3) is 0. The zero-order chi connectivity index (χ0) is 8.10. The first-order valence-corrected chi connectivity index (χ1v) is 3.25. The summed E-state index contributed by atoms with van der Waals surface area (Å²) in [6, 6.07) is 9.31. The van der Waals surface area contributed by atoms with Crippen LogP contribution in [0.15, 0.2) is 36.4 Å². The van der Waals surface area contributed by atoms with Crippen LogP contribution < -0.4 is 51.4 Å². The summed E-state index contributed by atoms with van der Waals surface area (Å²) in [5.74, 6) is -0.922. The van der Waals surface area contributed by atoms with Crippen molar-refractivity contribution in [2.24, 2.45) is 0 Å². The Bertz CT molecular complexity index is 272. The first-order chi connectivity index (χ1) is 5.29. The van der Waals surface area contributed by atoms with Crippen LogP contribution >= 0.6 is 0 Å². The Hall–Kier alpha value is 0.0664. The van der Waals surface area contributed by atoms with Gasteiger partial charge in [0.25, 0.3) is 0 Å². The molecule has 1 aromatic rings. The van der Waals surface area contributed by atoms with Gasteiger partial charge in [0.1, 0.15) is 0 Å². The number of carboxylic acid groups (broad SMARTS) is 1. The van der Waals surface area contributed by atoms with E-state index in [2.05, 4.69) is 0 Å². The average molecular weight is 188 g/mol. The predicted octanol–water partition coefficient (Wildman–Crippen LogP) is -1.10. The molecule has 0 aliphatic heterocycles. The van der Waals surface area contributed by atoms with Crippen LogP contribution in [0.5, 0.6) is 0 Å². The number of hydrogen-bond donors (Lipinski definition) is 1. The van der Waals surface area contributed by atoms with Crippen LogP contribution in [0.4, 0.5) is 0 Å². The second kappa shape index (κ2) is 6.57. The first-order valence-electron chi connectivity index (χ1n) is 3.25. The van der Waals surface area contributed by atoms with Gasteiger partial charge >= 0.3 is 57.4 Å². The molecule has 0 radical (unpaired) electrons. The molecule has 2 nitrogen and oxygen atoms in total. The molecule has 3 heteroatoms. The minimum Gasteiger partial charge on any atom is -1.00 e. The molecule has 0 heterocycles. The molecule has 0 unspecified atom stereocenters. The molecule has 1 rings (SSSR count). The first kappa shape index (κ1) is 12.1. The maximum Gasteiger partial charge on any atom is 1.00 e. The van der Waals surface area contributed by atoms with Gasteiger partial charge in [-0.1, -0.05) is 30.3 Å². The van der Waals surface area contributed by atoms with Gasteiger partial charge in [-0.3, -0.25) is 0 Å². The van der Waals surface area contributed by atoms with Crippen LogP contribution in [-0.4, -0.2) is 11.1 Å². The molecule has 0 saturated carbocycles. The maximum atomic E-state index is 10.1. The third-order valence-corrected chi connectivity index (χ3v) is 1.22. The normalized spacial score (nSPS) is 9.33. The molecular weight excluding hydrogens is 179 g/mol. The van der Waals surface area contributed by atoms with Crippen LogP contribution in [0.25, 0.3) is 6.08 Å². The standard InChI is InChI=1S/C9H8O2.K.H/c10-9(11)7-6-8-4-2-1-3-5-8;;/h1-7H,(H,10,11);;/q;+1;-1/b7-6+;;. The molecule has 1 N–H and O–H groups in total. The van der Waals surface area contributed by atoms with Gasteiger partial charge in [-0.25, -0.2) is 4.79 Å². The largest absolute Gasteiger partial charge is 1.00 e. The van der Waals surface area contributed by atoms with E-state index < -0.39 is 5.97 Å². The molecule has 0 atom stereocenters. The van der Waals surface area contributed by atoms with Gasteiger partial charge < -0.3 is 6.53 Å². The summed E-state index contributed by atoms with van der Waals surface area (Å²) in [7, 11) is 0. The molecule has 0 saturated heterocycles. The van der Waals surface area contributed by atoms with Crippen LogP contribution in [0.2, 0.25) is 0 Å². The van der Waals surface area contributed by atoms with E-state index >= 15 is 0 Å². The summed E-state index contributed by atoms with van der Waals surface area (Å²) >= 11 is 0. The molecule has 0 aromatic heterocycles. The molecule has 0 spiro atoms. The van der Waals surface area contributed by atoms with E-state index in [-0.39, 0.29) is 52.8 Å². The molecule has 58 valence electrons. The maximum absolute atomic E-state index is 10.1. The number of hydrogen-bond acceptors (Lipinski definition) is 1. The molecule has 0 bridgehead atoms. The fourth-order valence-corrected chi connectivity index (χ4v) is 0.732. The van der Waals surface area contributed by atoms with Crippen molar-refractivity contribution in [3.63, 3.8) is 0 Å². The van der Waals surface area contributed by atoms with Gasteiger partial charge in [0.2, 0.25) is 0 Å². The van der Waals surface area contributed by atoms with Crippen LogP contribution in [0.1, 0.15) is 6.99 Å². The molecular formula is C9H9KO2. The second-order valence-electron chi connectivity index (χ2n) is 2.08. The third kappa shape index (κ3) is 4.85. The minimum absolute atomic E-state index is 0. The summed E-state index contributed by atoms with van der Waals surface area (Å²) in [5, 5.41) is 8.29. The molecule has 1 aromatic carbocycles. The Morgan fingerprint density at radius 2 is 1.92 bits per heavy atom. The van der Waals surface area contributed by atoms with E-state index in [1.807, 2.05) is 30.3 Å². The fourth-order valence-electron chi connectivity index (χ4n) is 0.732. The third-order valence-electron chi connectivity index (χ3n) is 1.22. The smallest absolute Gasteiger partial charge is 1.00 e. The van der Waals surface area contributed by atoms with E-state index in [4.69, 9.17) is 5.11 Å². The summed E-state index contributed by atoms with van der Waals surface area (Å²) in [4.78, 5) is 10.1. The van der Waals surface area contributed by atoms with Gasteiger partial charge in [-0.15, -0.1) is 0 Å². The zero-order valence-electron chi connectivity index (χ0n) is 7.90. The second-order valence-corrected chi connectivity index (χ2v) is 2.08. The van der Waals surface area contributed by atoms with Crippen molar-refractivity contribution in [3.05, 3.63) is 42.0 Å². The Kier molecular flexibility index (Phi) is 6.60. The van der Waals surface area contributed by atoms with Gasteiger partial charge in [0.05, 0.1) is 0 Å². The van der Waals surface area contributed by atoms with Crippen LogP contribution in [0, 0.1) is 0 Å². The molecule has 12 heavy (non-hydrogen) atoms. The Morgan fingerprint density at radius 1 is 1.33 bits per heavy atom. The number of aliphatic carboxylic acids is 1. The summed E-state index contributed by atoms with van der Waals surface area (Å²) < 4.78 is 0. The van der Waals surface area contributed by atoms with Crippen molar-refractivity contribution < 1.29 is 62.7 Å². The van der Waals surface area contributed by atoms with Crippen LogP contribution in [0.3, 0.4) is 0 Å². The van der Waals surface area contributed by atoms with Gasteiger partial charge in [0.15, 0.2) is 0 Å². The van der Waals surface area contributed by atoms with Gasteiger partial charge in [-0.05, 0) is 11.6 Å². The van der Waals surface area contributed by atoms with Crippen molar-refractivity contribution >= 4 is 12.0 Å². The molecule has 0 aliphatic rings. The molecule has 0 amide bonds. The molecule has 0 aliphatic carbocycles. The van der Waals surface area contributed by atoms with Crippen LogP contribution in [-0.2, 0) is 4.79 Å². The minimum atomic E-state index is -0.922. The number of carbonyl (C=O) groups is 1. The summed E-state index contributed by atoms with van der Waals surface area (Å²) in [6.45, 7) is 0. The number of benzene rings is 1. The number of carboxylic acids is 1. The van der Waals surface area contributed by atoms with E-state index in [9.17, 15) is 4.79 Å². The van der Waals surface area contributed by atoms with Crippen molar-refractivity contribution in [2.45, 2.75) is 0 Å². The Morgan fingerprint density at radius 3 is 2.42 bits per heavy atom. The topological polar surface area (TPSA) is 37.3 Å². The average Bonchev–Trinajstić information content (AvgIpc) is 2.03. The summed E-state index contributed by atoms with van der Waals surface area (Å²) in [6.07, 6.45) is 2.68. The number of rotatable bonds is 2. The Labute approximate surface area is 115 Å². The van der Waals surface area contributed by atoms with Crippen molar-refractivity contribution in [1.29, 1.82) is 0 Å². The Balaban J connectivity index is 0. The SMILES string of the molecule is O=C(O)/C=C/c1ccccc1.[H-].[K+]. The van der Waals surface area contributed by atoms with E-state index in [0.717, 1.165) is 11.6 Å². The summed E-state index contributed by atoms with van der Waals surface area (Å²) in [5.41, 5.74) is 0.898.